The van der Waals surface area contributed by atoms with Crippen LogP contribution in [0.4, 0.5) is 0 Å². The molecule has 0 aromatic rings. The Bertz CT molecular complexity index is 48.4. The van der Waals surface area contributed by atoms with Crippen LogP contribution < -0.4 is 0 Å². The monoisotopic (exact) mass is 144 g/mol. The van der Waals surface area contributed by atoms with Crippen LogP contribution in [0.15, 0.2) is 0 Å². The van der Waals surface area contributed by atoms with E-state index in [-0.39, 0.29) is 14.9 Å². The summed E-state index contributed by atoms with van der Waals surface area (Å²) in [6.07, 6.45) is 5.89. The van der Waals surface area contributed by atoms with Gasteiger partial charge in [0.05, 0.1) is 0 Å². The molecule has 1 rings (SSSR count). The summed E-state index contributed by atoms with van der Waals surface area (Å²) in [5, 5.41) is 0. The number of hydrogen-bond acceptors (Lipinski definition) is 0. The molecule has 1 aliphatic rings. The second kappa shape index (κ2) is 5.76. The van der Waals surface area contributed by atoms with Gasteiger partial charge in [-0.05, 0) is 11.8 Å². The van der Waals surface area contributed by atoms with Crippen molar-refractivity contribution in [2.45, 2.75) is 54.4 Å². The number of rotatable bonds is 0. The van der Waals surface area contributed by atoms with Gasteiger partial charge in [-0.25, -0.2) is 0 Å². The molecule has 0 aliphatic heterocycles. The van der Waals surface area contributed by atoms with Crippen molar-refractivity contribution in [1.29, 1.82) is 0 Å². The lowest BCUT2D eigenvalue weighted by molar-refractivity contribution is 0.308. The Balaban J connectivity index is 0. The lowest BCUT2D eigenvalue weighted by Crippen LogP contribution is -2.08. The van der Waals surface area contributed by atoms with Crippen LogP contribution in [-0.4, -0.2) is 0 Å². The van der Waals surface area contributed by atoms with Gasteiger partial charge in [-0.3, -0.25) is 0 Å². The van der Waals surface area contributed by atoms with Gasteiger partial charge in [-0.2, -0.15) is 0 Å². The van der Waals surface area contributed by atoms with Crippen molar-refractivity contribution in [3.63, 3.8) is 0 Å². The zero-order chi connectivity index (χ0) is 5.98. The Morgan fingerprint density at radius 3 is 1.10 bits per heavy atom. The van der Waals surface area contributed by atoms with Crippen LogP contribution in [-0.2, 0) is 0 Å². The molecule has 0 atom stereocenters. The molecule has 1 aliphatic carbocycles. The first-order valence-corrected chi connectivity index (χ1v) is 3.79. The van der Waals surface area contributed by atoms with Crippen molar-refractivity contribution in [2.75, 3.05) is 0 Å². The minimum absolute atomic E-state index is 0. The highest BCUT2D eigenvalue weighted by Crippen LogP contribution is 2.27. The topological polar surface area (TPSA) is 0 Å². The maximum atomic E-state index is 2.37. The van der Waals surface area contributed by atoms with Crippen LogP contribution in [0.1, 0.15) is 54.4 Å². The third-order valence-corrected chi connectivity index (χ3v) is 2.30. The van der Waals surface area contributed by atoms with Crippen molar-refractivity contribution in [3.8, 4) is 0 Å². The standard InChI is InChI=1S/C8H16.2CH4/c1-7-3-5-8(2)6-4-7;;/h7-8H,3-6H2,1-2H3;2*1H4. The maximum absolute atomic E-state index is 2.37. The Morgan fingerprint density at radius 1 is 0.700 bits per heavy atom. The zero-order valence-electron chi connectivity index (χ0n) is 5.98. The van der Waals surface area contributed by atoms with E-state index in [1.165, 1.54) is 25.7 Å². The second-order valence-corrected chi connectivity index (χ2v) is 3.37. The highest BCUT2D eigenvalue weighted by molar-refractivity contribution is 4.65. The van der Waals surface area contributed by atoms with Gasteiger partial charge in [0.2, 0.25) is 0 Å². The molecule has 0 unspecified atom stereocenters. The molecule has 1 fully saturated rings. The molecule has 0 N–H and O–H groups in total. The molecule has 64 valence electrons. The quantitative estimate of drug-likeness (QED) is 0.480. The summed E-state index contributed by atoms with van der Waals surface area (Å²) in [5.74, 6) is 2.04. The summed E-state index contributed by atoms with van der Waals surface area (Å²) in [6.45, 7) is 4.73. The van der Waals surface area contributed by atoms with Gasteiger partial charge >= 0.3 is 0 Å². The fourth-order valence-electron chi connectivity index (χ4n) is 1.43. The van der Waals surface area contributed by atoms with Crippen molar-refractivity contribution in [1.82, 2.24) is 0 Å². The molecule has 10 heavy (non-hydrogen) atoms. The summed E-state index contributed by atoms with van der Waals surface area (Å²) >= 11 is 0. The fraction of sp³-hybridized carbons (Fsp3) is 1.00. The van der Waals surface area contributed by atoms with Crippen molar-refractivity contribution >= 4 is 0 Å². The molecule has 0 saturated heterocycles. The first-order chi connectivity index (χ1) is 3.79. The first kappa shape index (κ1) is 12.7. The van der Waals surface area contributed by atoms with Gasteiger partial charge in [0, 0.05) is 0 Å². The third-order valence-electron chi connectivity index (χ3n) is 2.30. The van der Waals surface area contributed by atoms with Gasteiger partial charge in [-0.1, -0.05) is 54.4 Å². The summed E-state index contributed by atoms with van der Waals surface area (Å²) in [7, 11) is 0. The van der Waals surface area contributed by atoms with Crippen LogP contribution in [0.25, 0.3) is 0 Å². The van der Waals surface area contributed by atoms with E-state index in [0.717, 1.165) is 11.8 Å². The van der Waals surface area contributed by atoms with Crippen LogP contribution in [0.2, 0.25) is 0 Å². The highest BCUT2D eigenvalue weighted by atomic mass is 14.2. The van der Waals surface area contributed by atoms with E-state index in [1.807, 2.05) is 0 Å². The molecule has 0 amide bonds. The van der Waals surface area contributed by atoms with Crippen LogP contribution in [0.5, 0.6) is 0 Å². The molecule has 0 heterocycles. The van der Waals surface area contributed by atoms with Gasteiger partial charge in [0.1, 0.15) is 0 Å². The lowest BCUT2D eigenvalue weighted by Gasteiger charge is -2.22. The molecule has 0 aromatic carbocycles. The average Bonchev–Trinajstić information content (AvgIpc) is 1.77. The fourth-order valence-corrected chi connectivity index (χ4v) is 1.43. The minimum Gasteiger partial charge on any atom is -0.0776 e. The van der Waals surface area contributed by atoms with E-state index in [9.17, 15) is 0 Å². The summed E-state index contributed by atoms with van der Waals surface area (Å²) in [4.78, 5) is 0. The van der Waals surface area contributed by atoms with Crippen LogP contribution in [0.3, 0.4) is 0 Å². The SMILES string of the molecule is C.C.CC1CCC(C)CC1. The summed E-state index contributed by atoms with van der Waals surface area (Å²) < 4.78 is 0. The maximum Gasteiger partial charge on any atom is -0.0443 e. The van der Waals surface area contributed by atoms with Crippen molar-refractivity contribution in [2.24, 2.45) is 11.8 Å². The average molecular weight is 144 g/mol. The largest absolute Gasteiger partial charge is 0.0776 e. The molecule has 0 radical (unpaired) electrons. The molecule has 0 bridgehead atoms. The molecule has 0 aromatic heterocycles. The number of hydrogen-bond donors (Lipinski definition) is 0. The van der Waals surface area contributed by atoms with Gasteiger partial charge in [-0.15, -0.1) is 0 Å². The van der Waals surface area contributed by atoms with E-state index in [4.69, 9.17) is 0 Å². The van der Waals surface area contributed by atoms with E-state index in [2.05, 4.69) is 13.8 Å². The smallest absolute Gasteiger partial charge is 0.0443 e. The van der Waals surface area contributed by atoms with Gasteiger partial charge in [0.25, 0.3) is 0 Å². The Kier molecular flexibility index (Phi) is 7.29. The minimum atomic E-state index is 0. The third kappa shape index (κ3) is 3.92. The molecule has 0 heteroatoms. The lowest BCUT2D eigenvalue weighted by atomic mass is 9.84. The van der Waals surface area contributed by atoms with Crippen LogP contribution in [0, 0.1) is 11.8 Å². The normalized spacial score (nSPS) is 31.8. The Hall–Kier alpha value is 0. The van der Waals surface area contributed by atoms with E-state index in [1.54, 1.807) is 0 Å². The van der Waals surface area contributed by atoms with E-state index < -0.39 is 0 Å². The Labute approximate surface area is 67.0 Å². The van der Waals surface area contributed by atoms with Crippen molar-refractivity contribution in [3.05, 3.63) is 0 Å². The molecule has 1 saturated carbocycles. The summed E-state index contributed by atoms with van der Waals surface area (Å²) in [5.41, 5.74) is 0. The van der Waals surface area contributed by atoms with E-state index >= 15 is 0 Å². The van der Waals surface area contributed by atoms with Crippen molar-refractivity contribution < 1.29 is 0 Å². The second-order valence-electron chi connectivity index (χ2n) is 3.37. The predicted octanol–water partition coefficient (Wildman–Crippen LogP) is 4.10. The van der Waals surface area contributed by atoms with E-state index in [0.29, 0.717) is 0 Å². The predicted molar refractivity (Wildman–Crippen MR) is 50.3 cm³/mol. The van der Waals surface area contributed by atoms with Gasteiger partial charge < -0.3 is 0 Å². The zero-order valence-corrected chi connectivity index (χ0v) is 5.98. The van der Waals surface area contributed by atoms with Gasteiger partial charge in [0.15, 0.2) is 0 Å². The molecule has 0 nitrogen and oxygen atoms in total. The molecular weight excluding hydrogens is 120 g/mol. The molecule has 0 spiro atoms. The van der Waals surface area contributed by atoms with Crippen LogP contribution >= 0.6 is 0 Å². The highest BCUT2D eigenvalue weighted by Gasteiger charge is 2.13. The molecular formula is C10H24. The Morgan fingerprint density at radius 2 is 0.900 bits per heavy atom. The first-order valence-electron chi connectivity index (χ1n) is 3.79. The summed E-state index contributed by atoms with van der Waals surface area (Å²) in [6, 6.07) is 0.